The van der Waals surface area contributed by atoms with Crippen molar-refractivity contribution in [1.82, 2.24) is 0 Å². The van der Waals surface area contributed by atoms with E-state index in [1.165, 1.54) is 0 Å². The highest BCUT2D eigenvalue weighted by molar-refractivity contribution is 5.79. The fourth-order valence-electron chi connectivity index (χ4n) is 0.130. The van der Waals surface area contributed by atoms with Gasteiger partial charge in [0.2, 0.25) is 0 Å². The Balaban J connectivity index is -0.0000000753. The van der Waals surface area contributed by atoms with E-state index in [0.29, 0.717) is 13.2 Å². The number of carbonyl (C=O) groups is 4. The molecule has 0 aromatic heterocycles. The van der Waals surface area contributed by atoms with Crippen LogP contribution in [0.25, 0.3) is 0 Å². The van der Waals surface area contributed by atoms with Crippen LogP contribution in [0.2, 0.25) is 0 Å². The van der Waals surface area contributed by atoms with Crippen molar-refractivity contribution in [3.05, 3.63) is 50.6 Å². The van der Waals surface area contributed by atoms with Gasteiger partial charge in [-0.05, 0) is 13.8 Å². The second kappa shape index (κ2) is 34.1. The van der Waals surface area contributed by atoms with E-state index in [-0.39, 0.29) is 0 Å². The molecular weight excluding hydrogens is 368 g/mol. The summed E-state index contributed by atoms with van der Waals surface area (Å²) in [4.78, 5) is 45.7. The van der Waals surface area contributed by atoms with Crippen LogP contribution < -0.4 is 0 Å². The lowest BCUT2D eigenvalue weighted by Gasteiger charge is -1.94. The molecule has 0 aromatic rings. The first-order valence-electron chi connectivity index (χ1n) is 6.82. The Labute approximate surface area is 157 Å². The van der Waals surface area contributed by atoms with Gasteiger partial charge < -0.3 is 20.4 Å². The van der Waals surface area contributed by atoms with Crippen LogP contribution >= 0.6 is 0 Å². The van der Waals surface area contributed by atoms with Gasteiger partial charge in [-0.1, -0.05) is 31.4 Å². The molecule has 0 saturated heterocycles. The van der Waals surface area contributed by atoms with E-state index in [2.05, 4.69) is 41.1 Å². The number of rotatable bonds is 8. The monoisotopic (exact) mass is 394 g/mol. The third-order valence-electron chi connectivity index (χ3n) is 1.03. The van der Waals surface area contributed by atoms with Gasteiger partial charge in [-0.3, -0.25) is 0 Å². The average molecular weight is 394 g/mol. The van der Waals surface area contributed by atoms with E-state index < -0.39 is 23.9 Å². The molecule has 0 fully saturated rings. The predicted molar refractivity (Wildman–Crippen MR) is 95.7 cm³/mol. The van der Waals surface area contributed by atoms with E-state index in [0.717, 1.165) is 24.3 Å². The van der Waals surface area contributed by atoms with Crippen molar-refractivity contribution in [2.24, 2.45) is 0 Å². The second-order valence-corrected chi connectivity index (χ2v) is 3.05. The largest absolute Gasteiger partial charge is 0.478 e. The fraction of sp³-hybridized carbons (Fsp3) is 0.250. The molecule has 0 unspecified atom stereocenters. The zero-order valence-corrected chi connectivity index (χ0v) is 15.2. The van der Waals surface area contributed by atoms with Crippen LogP contribution in [0.15, 0.2) is 50.6 Å². The molecule has 0 heterocycles. The molecule has 0 aliphatic heterocycles. The molecular formula is C16H26O11. The van der Waals surface area contributed by atoms with Gasteiger partial charge in [-0.15, -0.1) is 0 Å². The maximum atomic E-state index is 9.25. The molecule has 11 nitrogen and oxygen atoms in total. The average Bonchev–Trinajstić information content (AvgIpc) is 2.63. The molecule has 0 aliphatic rings. The Morgan fingerprint density at radius 1 is 0.630 bits per heavy atom. The summed E-state index contributed by atoms with van der Waals surface area (Å²) in [6.45, 7) is 16.5. The lowest BCUT2D eigenvalue weighted by molar-refractivity contribution is -0.509. The van der Waals surface area contributed by atoms with Crippen molar-refractivity contribution in [1.29, 1.82) is 0 Å². The summed E-state index contributed by atoms with van der Waals surface area (Å²) in [5.74, 6) is -3.93. The molecule has 11 heteroatoms. The number of hydrogen-bond acceptors (Lipinski definition) is 7. The van der Waals surface area contributed by atoms with E-state index in [1.807, 2.05) is 13.8 Å². The fourth-order valence-corrected chi connectivity index (χ4v) is 0.130. The van der Waals surface area contributed by atoms with E-state index >= 15 is 0 Å². The molecule has 0 bridgehead atoms. The predicted octanol–water partition coefficient (Wildman–Crippen LogP) is 1.93. The minimum absolute atomic E-state index is 0.514. The van der Waals surface area contributed by atoms with Crippen LogP contribution in [0, 0.1) is 0 Å². The molecule has 0 aliphatic carbocycles. The van der Waals surface area contributed by atoms with Crippen LogP contribution in [0.4, 0.5) is 0 Å². The molecule has 0 radical (unpaired) electrons. The third kappa shape index (κ3) is 128. The Morgan fingerprint density at radius 3 is 0.852 bits per heavy atom. The summed E-state index contributed by atoms with van der Waals surface area (Å²) >= 11 is 0. The molecule has 0 saturated carbocycles. The summed E-state index contributed by atoms with van der Waals surface area (Å²) in [6, 6.07) is 0. The zero-order valence-electron chi connectivity index (χ0n) is 15.2. The smallest absolute Gasteiger partial charge is 0.327 e. The maximum Gasteiger partial charge on any atom is 0.327 e. The first-order chi connectivity index (χ1) is 12.5. The first-order valence-corrected chi connectivity index (χ1v) is 6.82. The molecule has 27 heavy (non-hydrogen) atoms. The molecule has 4 N–H and O–H groups in total. The van der Waals surface area contributed by atoms with Crippen molar-refractivity contribution < 1.29 is 54.4 Å². The third-order valence-corrected chi connectivity index (χ3v) is 1.03. The molecule has 0 rings (SSSR count). The molecule has 0 amide bonds. The summed E-state index contributed by atoms with van der Waals surface area (Å²) < 4.78 is 0. The van der Waals surface area contributed by atoms with Crippen LogP contribution in [-0.4, -0.2) is 57.5 Å². The highest BCUT2D eigenvalue weighted by atomic mass is 17.5. The number of carboxylic acids is 4. The Bertz CT molecular complexity index is 366. The first kappa shape index (κ1) is 34.9. The van der Waals surface area contributed by atoms with Crippen LogP contribution in [0.5, 0.6) is 0 Å². The molecule has 0 aromatic carbocycles. The van der Waals surface area contributed by atoms with Gasteiger partial charge in [0.15, 0.2) is 0 Å². The van der Waals surface area contributed by atoms with Gasteiger partial charge in [-0.25, -0.2) is 29.0 Å². The normalized spacial score (nSPS) is 7.19. The SMILES string of the molecule is C=CC(=O)O.C=CC(=O)O.C=CC(=O)O.C=CC(=O)O.CCOOOCC. The number of aliphatic carboxylic acids is 4. The molecule has 156 valence electrons. The molecule has 0 spiro atoms. The highest BCUT2D eigenvalue weighted by Crippen LogP contribution is 1.77. The lowest BCUT2D eigenvalue weighted by atomic mass is 10.7. The van der Waals surface area contributed by atoms with Crippen molar-refractivity contribution in [3.63, 3.8) is 0 Å². The summed E-state index contributed by atoms with van der Waals surface area (Å²) in [5, 5.41) is 34.5. The van der Waals surface area contributed by atoms with Crippen LogP contribution in [0.3, 0.4) is 0 Å². The minimum Gasteiger partial charge on any atom is -0.478 e. The Morgan fingerprint density at radius 2 is 0.778 bits per heavy atom. The zero-order chi connectivity index (χ0) is 22.7. The van der Waals surface area contributed by atoms with Crippen molar-refractivity contribution in [2.45, 2.75) is 13.8 Å². The lowest BCUT2D eigenvalue weighted by Crippen LogP contribution is -1.94. The molecule has 0 atom stereocenters. The van der Waals surface area contributed by atoms with Crippen LogP contribution in [0.1, 0.15) is 13.8 Å². The van der Waals surface area contributed by atoms with E-state index in [4.69, 9.17) is 20.4 Å². The van der Waals surface area contributed by atoms with Gasteiger partial charge in [-0.2, -0.15) is 0 Å². The quantitative estimate of drug-likeness (QED) is 0.205. The van der Waals surface area contributed by atoms with Gasteiger partial charge in [0.05, 0.1) is 13.2 Å². The van der Waals surface area contributed by atoms with Crippen LogP contribution in [-0.2, 0) is 34.0 Å². The number of hydrogen-bond donors (Lipinski definition) is 4. The standard InChI is InChI=1S/C4H10O3.4C3H4O2/c1-3-5-7-6-4-2;4*1-2-3(4)5/h3-4H2,1-2H3;4*2H,1H2,(H,4,5). The van der Waals surface area contributed by atoms with Crippen molar-refractivity contribution >= 4 is 23.9 Å². The van der Waals surface area contributed by atoms with Gasteiger partial charge >= 0.3 is 23.9 Å². The summed E-state index contributed by atoms with van der Waals surface area (Å²) in [6.07, 6.45) is 3.33. The summed E-state index contributed by atoms with van der Waals surface area (Å²) in [7, 11) is 0. The van der Waals surface area contributed by atoms with E-state index in [9.17, 15) is 19.2 Å². The van der Waals surface area contributed by atoms with Crippen molar-refractivity contribution in [3.8, 4) is 0 Å². The number of carboxylic acid groups (broad SMARTS) is 4. The minimum atomic E-state index is -0.981. The van der Waals surface area contributed by atoms with Crippen molar-refractivity contribution in [2.75, 3.05) is 13.2 Å². The van der Waals surface area contributed by atoms with Gasteiger partial charge in [0.1, 0.15) is 0 Å². The maximum absolute atomic E-state index is 9.25. The topological polar surface area (TPSA) is 177 Å². The van der Waals surface area contributed by atoms with Gasteiger partial charge in [0, 0.05) is 24.3 Å². The highest BCUT2D eigenvalue weighted by Gasteiger charge is 1.77. The van der Waals surface area contributed by atoms with E-state index in [1.54, 1.807) is 0 Å². The summed E-state index contributed by atoms with van der Waals surface area (Å²) in [5.41, 5.74) is 0. The Kier molecular flexibility index (Phi) is 44.2. The van der Waals surface area contributed by atoms with Gasteiger partial charge in [0.25, 0.3) is 0 Å². The Hall–Kier alpha value is -3.28. The second-order valence-electron chi connectivity index (χ2n) is 3.05.